The van der Waals surface area contributed by atoms with E-state index in [0.717, 1.165) is 25.6 Å². The van der Waals surface area contributed by atoms with E-state index >= 15 is 0 Å². The number of hydrogen-bond donors (Lipinski definition) is 1. The lowest BCUT2D eigenvalue weighted by atomic mass is 9.83. The first-order valence-electron chi connectivity index (χ1n) is 6.23. The molecule has 0 radical (unpaired) electrons. The monoisotopic (exact) mass is 231 g/mol. The van der Waals surface area contributed by atoms with Gasteiger partial charge in [0.2, 0.25) is 0 Å². The molecule has 1 saturated heterocycles. The summed E-state index contributed by atoms with van der Waals surface area (Å²) in [7, 11) is 0. The highest BCUT2D eigenvalue weighted by Gasteiger charge is 2.31. The fourth-order valence-electron chi connectivity index (χ4n) is 2.69. The van der Waals surface area contributed by atoms with Gasteiger partial charge in [-0.05, 0) is 25.2 Å². The van der Waals surface area contributed by atoms with Crippen LogP contribution in [-0.2, 0) is 4.74 Å². The molecule has 88 valence electrons. The molecule has 1 aliphatic carbocycles. The average molecular weight is 232 g/mol. The quantitative estimate of drug-likeness (QED) is 0.751. The van der Waals surface area contributed by atoms with Gasteiger partial charge in [0.25, 0.3) is 0 Å². The van der Waals surface area contributed by atoms with E-state index in [1.807, 2.05) is 0 Å². The fraction of sp³-hybridized carbons (Fsp3) is 1.00. The van der Waals surface area contributed by atoms with E-state index in [1.54, 1.807) is 0 Å². The van der Waals surface area contributed by atoms with Crippen molar-refractivity contribution in [2.24, 2.45) is 5.92 Å². The average Bonchev–Trinajstić information content (AvgIpc) is 2.81. The van der Waals surface area contributed by atoms with Crippen LogP contribution >= 0.6 is 11.6 Å². The van der Waals surface area contributed by atoms with Gasteiger partial charge in [0, 0.05) is 24.6 Å². The Morgan fingerprint density at radius 3 is 2.67 bits per heavy atom. The van der Waals surface area contributed by atoms with Crippen LogP contribution in [0.4, 0.5) is 0 Å². The molecule has 0 amide bonds. The van der Waals surface area contributed by atoms with Gasteiger partial charge in [-0.1, -0.05) is 19.3 Å². The second-order valence-corrected chi connectivity index (χ2v) is 5.35. The summed E-state index contributed by atoms with van der Waals surface area (Å²) < 4.78 is 5.39. The van der Waals surface area contributed by atoms with Crippen molar-refractivity contribution in [1.82, 2.24) is 5.32 Å². The molecule has 1 aliphatic heterocycles. The minimum Gasteiger partial charge on any atom is -0.381 e. The zero-order valence-electron chi connectivity index (χ0n) is 9.43. The Morgan fingerprint density at radius 2 is 2.07 bits per heavy atom. The molecule has 1 saturated carbocycles. The van der Waals surface area contributed by atoms with E-state index in [0.29, 0.717) is 5.92 Å². The number of hydrogen-bond acceptors (Lipinski definition) is 2. The van der Waals surface area contributed by atoms with Crippen molar-refractivity contribution in [2.45, 2.75) is 44.1 Å². The SMILES string of the molecule is ClCC1(NCC2CCOC2)CCCCC1. The van der Waals surface area contributed by atoms with Crippen LogP contribution in [0.2, 0.25) is 0 Å². The van der Waals surface area contributed by atoms with E-state index in [-0.39, 0.29) is 5.54 Å². The van der Waals surface area contributed by atoms with Crippen LogP contribution in [-0.4, -0.2) is 31.2 Å². The van der Waals surface area contributed by atoms with Gasteiger partial charge in [0.1, 0.15) is 0 Å². The zero-order valence-corrected chi connectivity index (χ0v) is 10.2. The molecule has 2 nitrogen and oxygen atoms in total. The molecular weight excluding hydrogens is 210 g/mol. The first-order chi connectivity index (χ1) is 7.35. The van der Waals surface area contributed by atoms with Crippen molar-refractivity contribution in [1.29, 1.82) is 0 Å². The zero-order chi connectivity index (χ0) is 10.6. The molecule has 1 unspecified atom stereocenters. The first kappa shape index (κ1) is 11.7. The van der Waals surface area contributed by atoms with Crippen molar-refractivity contribution < 1.29 is 4.74 Å². The predicted octanol–water partition coefficient (Wildman–Crippen LogP) is 2.55. The molecule has 1 atom stereocenters. The minimum atomic E-state index is 0.238. The maximum Gasteiger partial charge on any atom is 0.0507 e. The number of halogens is 1. The van der Waals surface area contributed by atoms with Crippen LogP contribution in [0, 0.1) is 5.92 Å². The summed E-state index contributed by atoms with van der Waals surface area (Å²) in [4.78, 5) is 0. The lowest BCUT2D eigenvalue weighted by molar-refractivity contribution is 0.179. The third-order valence-corrected chi connectivity index (χ3v) is 4.37. The summed E-state index contributed by atoms with van der Waals surface area (Å²) in [5, 5.41) is 3.71. The van der Waals surface area contributed by atoms with Crippen LogP contribution in [0.1, 0.15) is 38.5 Å². The second kappa shape index (κ2) is 5.51. The summed E-state index contributed by atoms with van der Waals surface area (Å²) >= 11 is 6.13. The van der Waals surface area contributed by atoms with Crippen LogP contribution in [0.5, 0.6) is 0 Å². The Bertz CT molecular complexity index is 186. The van der Waals surface area contributed by atoms with Crippen LogP contribution in [0.25, 0.3) is 0 Å². The van der Waals surface area contributed by atoms with Crippen molar-refractivity contribution in [3.8, 4) is 0 Å². The number of alkyl halides is 1. The Hall–Kier alpha value is 0.210. The summed E-state index contributed by atoms with van der Waals surface area (Å²) in [6.07, 6.45) is 7.77. The van der Waals surface area contributed by atoms with Gasteiger partial charge < -0.3 is 10.1 Å². The van der Waals surface area contributed by atoms with E-state index in [9.17, 15) is 0 Å². The molecule has 2 fully saturated rings. The number of nitrogens with one attached hydrogen (secondary N) is 1. The summed E-state index contributed by atoms with van der Waals surface area (Å²) in [6, 6.07) is 0. The fourth-order valence-corrected chi connectivity index (χ4v) is 3.05. The standard InChI is InChI=1S/C12H22ClNO/c13-10-12(5-2-1-3-6-12)14-8-11-4-7-15-9-11/h11,14H,1-10H2. The lowest BCUT2D eigenvalue weighted by Crippen LogP contribution is -2.50. The van der Waals surface area contributed by atoms with Crippen molar-refractivity contribution in [2.75, 3.05) is 25.6 Å². The lowest BCUT2D eigenvalue weighted by Gasteiger charge is -2.37. The van der Waals surface area contributed by atoms with E-state index < -0.39 is 0 Å². The number of ether oxygens (including phenoxy) is 1. The Kier molecular flexibility index (Phi) is 4.30. The van der Waals surface area contributed by atoms with Crippen molar-refractivity contribution in [3.63, 3.8) is 0 Å². The highest BCUT2D eigenvalue weighted by Crippen LogP contribution is 2.29. The Balaban J connectivity index is 1.78. The molecule has 0 spiro atoms. The topological polar surface area (TPSA) is 21.3 Å². The Labute approximate surface area is 97.7 Å². The molecule has 2 aliphatic rings. The summed E-state index contributed by atoms with van der Waals surface area (Å²) in [5.41, 5.74) is 0.238. The first-order valence-corrected chi connectivity index (χ1v) is 6.77. The van der Waals surface area contributed by atoms with Crippen molar-refractivity contribution >= 4 is 11.6 Å². The molecule has 2 rings (SSSR count). The maximum absolute atomic E-state index is 6.13. The molecule has 0 aromatic rings. The van der Waals surface area contributed by atoms with Crippen LogP contribution < -0.4 is 5.32 Å². The molecule has 0 bridgehead atoms. The largest absolute Gasteiger partial charge is 0.381 e. The molecule has 3 heteroatoms. The maximum atomic E-state index is 6.13. The second-order valence-electron chi connectivity index (χ2n) is 5.09. The third kappa shape index (κ3) is 3.08. The number of rotatable bonds is 4. The van der Waals surface area contributed by atoms with Crippen LogP contribution in [0.3, 0.4) is 0 Å². The normalized spacial score (nSPS) is 30.6. The van der Waals surface area contributed by atoms with E-state index in [4.69, 9.17) is 16.3 Å². The van der Waals surface area contributed by atoms with Gasteiger partial charge in [-0.15, -0.1) is 11.6 Å². The van der Waals surface area contributed by atoms with Gasteiger partial charge in [-0.3, -0.25) is 0 Å². The van der Waals surface area contributed by atoms with Gasteiger partial charge >= 0.3 is 0 Å². The smallest absolute Gasteiger partial charge is 0.0507 e. The highest BCUT2D eigenvalue weighted by molar-refractivity contribution is 6.18. The summed E-state index contributed by atoms with van der Waals surface area (Å²) in [6.45, 7) is 2.97. The summed E-state index contributed by atoms with van der Waals surface area (Å²) in [5.74, 6) is 1.48. The third-order valence-electron chi connectivity index (χ3n) is 3.86. The van der Waals surface area contributed by atoms with Gasteiger partial charge in [0.05, 0.1) is 6.61 Å². The van der Waals surface area contributed by atoms with Gasteiger partial charge in [0.15, 0.2) is 0 Å². The van der Waals surface area contributed by atoms with Crippen LogP contribution in [0.15, 0.2) is 0 Å². The minimum absolute atomic E-state index is 0.238. The van der Waals surface area contributed by atoms with Gasteiger partial charge in [-0.2, -0.15) is 0 Å². The van der Waals surface area contributed by atoms with Gasteiger partial charge in [-0.25, -0.2) is 0 Å². The molecular formula is C12H22ClNO. The predicted molar refractivity (Wildman–Crippen MR) is 63.5 cm³/mol. The van der Waals surface area contributed by atoms with E-state index in [2.05, 4.69) is 5.32 Å². The van der Waals surface area contributed by atoms with Crippen molar-refractivity contribution in [3.05, 3.63) is 0 Å². The molecule has 0 aromatic heterocycles. The molecule has 1 N–H and O–H groups in total. The Morgan fingerprint density at radius 1 is 1.27 bits per heavy atom. The molecule has 15 heavy (non-hydrogen) atoms. The highest BCUT2D eigenvalue weighted by atomic mass is 35.5. The van der Waals surface area contributed by atoms with E-state index in [1.165, 1.54) is 38.5 Å². The molecule has 1 heterocycles. The molecule has 0 aromatic carbocycles.